The normalized spacial score (nSPS) is 15.3. The van der Waals surface area contributed by atoms with Gasteiger partial charge < -0.3 is 4.74 Å². The molecule has 1 aromatic rings. The minimum absolute atomic E-state index is 0.0423. The molecule has 0 aliphatic heterocycles. The first kappa shape index (κ1) is 16.1. The van der Waals surface area contributed by atoms with Gasteiger partial charge in [-0.2, -0.15) is 0 Å². The molecule has 1 unspecified atom stereocenters. The quantitative estimate of drug-likeness (QED) is 0.440. The van der Waals surface area contributed by atoms with E-state index in [0.717, 1.165) is 6.42 Å². The van der Waals surface area contributed by atoms with E-state index in [1.807, 2.05) is 19.1 Å². The molecule has 0 saturated heterocycles. The number of benzene rings is 1. The van der Waals surface area contributed by atoms with E-state index >= 15 is 0 Å². The van der Waals surface area contributed by atoms with Gasteiger partial charge in [0.25, 0.3) is 0 Å². The summed E-state index contributed by atoms with van der Waals surface area (Å²) in [7, 11) is 0. The Morgan fingerprint density at radius 2 is 1.95 bits per heavy atom. The van der Waals surface area contributed by atoms with Crippen LogP contribution in [0.4, 0.5) is 0 Å². The molecule has 0 heterocycles. The predicted molar refractivity (Wildman–Crippen MR) is 82.5 cm³/mol. The number of allylic oxidation sites excluding steroid dienone is 1. The van der Waals surface area contributed by atoms with Crippen LogP contribution in [0.1, 0.15) is 49.4 Å². The van der Waals surface area contributed by atoms with E-state index in [1.54, 1.807) is 24.3 Å². The molecule has 4 nitrogen and oxygen atoms in total. The number of hydrogen-bond acceptors (Lipinski definition) is 4. The molecule has 116 valence electrons. The second-order valence-corrected chi connectivity index (χ2v) is 5.35. The minimum Gasteiger partial charge on any atom is -0.457 e. The maximum Gasteiger partial charge on any atom is 0.314 e. The molecule has 0 bridgehead atoms. The lowest BCUT2D eigenvalue weighted by atomic mass is 10.0. The maximum atomic E-state index is 12.0. The standard InChI is InChI=1S/C18H20O4/c1-2-7-17(14-10-6-11-15(14)19)22-18(21)12-16(20)13-8-4-3-5-9-13/h3-5,8-10,17H,2,6-7,11-12H2,1H3. The zero-order chi connectivity index (χ0) is 15.9. The van der Waals surface area contributed by atoms with Crippen molar-refractivity contribution in [1.29, 1.82) is 0 Å². The average Bonchev–Trinajstić information content (AvgIpc) is 2.93. The van der Waals surface area contributed by atoms with Crippen molar-refractivity contribution in [1.82, 2.24) is 0 Å². The van der Waals surface area contributed by atoms with Crippen LogP contribution in [-0.4, -0.2) is 23.6 Å². The second-order valence-electron chi connectivity index (χ2n) is 5.35. The van der Waals surface area contributed by atoms with Gasteiger partial charge in [-0.15, -0.1) is 0 Å². The van der Waals surface area contributed by atoms with Gasteiger partial charge in [-0.05, 0) is 12.8 Å². The topological polar surface area (TPSA) is 60.4 Å². The molecule has 0 aromatic heterocycles. The van der Waals surface area contributed by atoms with Crippen molar-refractivity contribution in [2.45, 2.75) is 45.1 Å². The zero-order valence-corrected chi connectivity index (χ0v) is 12.7. The highest BCUT2D eigenvalue weighted by atomic mass is 16.5. The van der Waals surface area contributed by atoms with Gasteiger partial charge in [0.05, 0.1) is 0 Å². The van der Waals surface area contributed by atoms with Crippen LogP contribution < -0.4 is 0 Å². The number of carbonyl (C=O) groups excluding carboxylic acids is 3. The molecule has 1 atom stereocenters. The highest BCUT2D eigenvalue weighted by molar-refractivity contribution is 6.06. The Bertz CT molecular complexity index is 586. The lowest BCUT2D eigenvalue weighted by Crippen LogP contribution is -2.24. The van der Waals surface area contributed by atoms with Crippen molar-refractivity contribution in [3.8, 4) is 0 Å². The molecular formula is C18H20O4. The summed E-state index contributed by atoms with van der Waals surface area (Å²) in [6, 6.07) is 8.65. The molecule has 1 aliphatic rings. The fourth-order valence-electron chi connectivity index (χ4n) is 2.53. The third-order valence-corrected chi connectivity index (χ3v) is 3.63. The molecular weight excluding hydrogens is 280 g/mol. The van der Waals surface area contributed by atoms with Gasteiger partial charge in [0.15, 0.2) is 11.6 Å². The molecule has 1 aliphatic carbocycles. The Morgan fingerprint density at radius 3 is 2.55 bits per heavy atom. The summed E-state index contributed by atoms with van der Waals surface area (Å²) in [5.41, 5.74) is 1.07. The molecule has 0 fully saturated rings. The largest absolute Gasteiger partial charge is 0.457 e. The Labute approximate surface area is 130 Å². The van der Waals surface area contributed by atoms with Crippen molar-refractivity contribution < 1.29 is 19.1 Å². The molecule has 0 saturated carbocycles. The summed E-state index contributed by atoms with van der Waals surface area (Å²) < 4.78 is 5.39. The molecule has 0 amide bonds. The number of Topliss-reactive ketones (excluding diaryl/α,β-unsaturated/α-hetero) is 2. The first-order valence-electron chi connectivity index (χ1n) is 7.62. The predicted octanol–water partition coefficient (Wildman–Crippen LogP) is 3.26. The second kappa shape index (κ2) is 7.69. The van der Waals surface area contributed by atoms with Crippen LogP contribution in [-0.2, 0) is 14.3 Å². The van der Waals surface area contributed by atoms with Gasteiger partial charge in [-0.3, -0.25) is 14.4 Å². The van der Waals surface area contributed by atoms with Gasteiger partial charge in [0, 0.05) is 17.6 Å². The summed E-state index contributed by atoms with van der Waals surface area (Å²) >= 11 is 0. The molecule has 0 radical (unpaired) electrons. The van der Waals surface area contributed by atoms with Crippen molar-refractivity contribution in [3.05, 3.63) is 47.5 Å². The number of rotatable bonds is 7. The van der Waals surface area contributed by atoms with E-state index in [0.29, 0.717) is 30.4 Å². The number of esters is 1. The third-order valence-electron chi connectivity index (χ3n) is 3.63. The van der Waals surface area contributed by atoms with Crippen molar-refractivity contribution in [2.24, 2.45) is 0 Å². The number of hydrogen-bond donors (Lipinski definition) is 0. The summed E-state index contributed by atoms with van der Waals surface area (Å²) in [5.74, 6) is -0.805. The Balaban J connectivity index is 1.97. The fourth-order valence-corrected chi connectivity index (χ4v) is 2.53. The van der Waals surface area contributed by atoms with E-state index in [4.69, 9.17) is 4.74 Å². The fraction of sp³-hybridized carbons (Fsp3) is 0.389. The van der Waals surface area contributed by atoms with Gasteiger partial charge in [-0.25, -0.2) is 0 Å². The summed E-state index contributed by atoms with van der Waals surface area (Å²) in [5, 5.41) is 0. The lowest BCUT2D eigenvalue weighted by Gasteiger charge is -2.17. The summed E-state index contributed by atoms with van der Waals surface area (Å²) in [6.07, 6.45) is 3.61. The SMILES string of the molecule is CCCC(OC(=O)CC(=O)c1ccccc1)C1=CCCC1=O. The van der Waals surface area contributed by atoms with Crippen LogP contribution in [0.25, 0.3) is 0 Å². The number of carbonyl (C=O) groups is 3. The van der Waals surface area contributed by atoms with Crippen molar-refractivity contribution >= 4 is 17.5 Å². The first-order chi connectivity index (χ1) is 10.6. The molecule has 22 heavy (non-hydrogen) atoms. The summed E-state index contributed by atoms with van der Waals surface area (Å²) in [6.45, 7) is 1.97. The Kier molecular flexibility index (Phi) is 5.64. The third kappa shape index (κ3) is 4.13. The van der Waals surface area contributed by atoms with E-state index < -0.39 is 12.1 Å². The minimum atomic E-state index is -0.576. The van der Waals surface area contributed by atoms with Gasteiger partial charge in [0.2, 0.25) is 0 Å². The average molecular weight is 300 g/mol. The highest BCUT2D eigenvalue weighted by Gasteiger charge is 2.27. The zero-order valence-electron chi connectivity index (χ0n) is 12.7. The molecule has 2 rings (SSSR count). The highest BCUT2D eigenvalue weighted by Crippen LogP contribution is 2.23. The van der Waals surface area contributed by atoms with Crippen LogP contribution in [0.2, 0.25) is 0 Å². The van der Waals surface area contributed by atoms with Crippen molar-refractivity contribution in [2.75, 3.05) is 0 Å². The maximum absolute atomic E-state index is 12.0. The number of ether oxygens (including phenoxy) is 1. The molecule has 1 aromatic carbocycles. The van der Waals surface area contributed by atoms with Crippen LogP contribution in [0, 0.1) is 0 Å². The van der Waals surface area contributed by atoms with Crippen LogP contribution in [0.3, 0.4) is 0 Å². The van der Waals surface area contributed by atoms with Crippen LogP contribution in [0.15, 0.2) is 42.0 Å². The van der Waals surface area contributed by atoms with E-state index in [2.05, 4.69) is 0 Å². The van der Waals surface area contributed by atoms with Crippen LogP contribution >= 0.6 is 0 Å². The van der Waals surface area contributed by atoms with E-state index in [1.165, 1.54) is 0 Å². The molecule has 0 N–H and O–H groups in total. The summed E-state index contributed by atoms with van der Waals surface area (Å²) in [4.78, 5) is 35.8. The Hall–Kier alpha value is -2.23. The van der Waals surface area contributed by atoms with Crippen molar-refractivity contribution in [3.63, 3.8) is 0 Å². The van der Waals surface area contributed by atoms with Gasteiger partial charge in [0.1, 0.15) is 12.5 Å². The van der Waals surface area contributed by atoms with Crippen LogP contribution in [0.5, 0.6) is 0 Å². The first-order valence-corrected chi connectivity index (χ1v) is 7.62. The Morgan fingerprint density at radius 1 is 1.23 bits per heavy atom. The van der Waals surface area contributed by atoms with Gasteiger partial charge in [-0.1, -0.05) is 49.8 Å². The lowest BCUT2D eigenvalue weighted by molar-refractivity contribution is -0.146. The molecule has 4 heteroatoms. The van der Waals surface area contributed by atoms with E-state index in [9.17, 15) is 14.4 Å². The molecule has 0 spiro atoms. The monoisotopic (exact) mass is 300 g/mol. The number of ketones is 2. The smallest absolute Gasteiger partial charge is 0.314 e. The van der Waals surface area contributed by atoms with E-state index in [-0.39, 0.29) is 18.0 Å². The van der Waals surface area contributed by atoms with Gasteiger partial charge >= 0.3 is 5.97 Å².